The molecule has 1 aliphatic heterocycles. The van der Waals surface area contributed by atoms with Gasteiger partial charge >= 0.3 is 0 Å². The van der Waals surface area contributed by atoms with Gasteiger partial charge in [-0.05, 0) is 67.8 Å². The third kappa shape index (κ3) is 2.86. The zero-order chi connectivity index (χ0) is 19.3. The molecule has 5 rings (SSSR count). The van der Waals surface area contributed by atoms with E-state index in [2.05, 4.69) is 26.6 Å². The van der Waals surface area contributed by atoms with Gasteiger partial charge in [0, 0.05) is 29.9 Å². The SMILES string of the molecule is Cc1cn2cc(-c3cc4c(F)cc(C5=CCNCC5)cc4nn3)cc(C)c2n1. The Morgan fingerprint density at radius 1 is 1.04 bits per heavy atom. The second kappa shape index (κ2) is 6.49. The Bertz CT molecular complexity index is 1250. The zero-order valence-electron chi connectivity index (χ0n) is 15.8. The number of pyridine rings is 1. The number of benzene rings is 1. The van der Waals surface area contributed by atoms with E-state index in [1.807, 2.05) is 42.8 Å². The summed E-state index contributed by atoms with van der Waals surface area (Å²) in [6.07, 6.45) is 6.93. The van der Waals surface area contributed by atoms with Crippen LogP contribution in [0.3, 0.4) is 0 Å². The first-order valence-corrected chi connectivity index (χ1v) is 9.42. The lowest BCUT2D eigenvalue weighted by Crippen LogP contribution is -2.20. The maximum absolute atomic E-state index is 14.9. The molecule has 0 fully saturated rings. The van der Waals surface area contributed by atoms with Gasteiger partial charge in [0.2, 0.25) is 0 Å². The van der Waals surface area contributed by atoms with E-state index in [-0.39, 0.29) is 5.82 Å². The van der Waals surface area contributed by atoms with Crippen molar-refractivity contribution in [3.05, 3.63) is 65.4 Å². The molecule has 1 aliphatic rings. The minimum absolute atomic E-state index is 0.264. The summed E-state index contributed by atoms with van der Waals surface area (Å²) < 4.78 is 16.9. The van der Waals surface area contributed by atoms with Crippen molar-refractivity contribution < 1.29 is 4.39 Å². The molecule has 0 amide bonds. The Hall–Kier alpha value is -3.12. The monoisotopic (exact) mass is 373 g/mol. The summed E-state index contributed by atoms with van der Waals surface area (Å²) in [5.74, 6) is -0.264. The number of aromatic nitrogens is 4. The van der Waals surface area contributed by atoms with Crippen LogP contribution >= 0.6 is 0 Å². The first-order valence-electron chi connectivity index (χ1n) is 9.42. The van der Waals surface area contributed by atoms with Crippen LogP contribution in [0.15, 0.2) is 42.7 Å². The molecule has 0 unspecified atom stereocenters. The minimum atomic E-state index is -0.264. The summed E-state index contributed by atoms with van der Waals surface area (Å²) in [4.78, 5) is 4.52. The maximum atomic E-state index is 14.9. The van der Waals surface area contributed by atoms with E-state index in [1.165, 1.54) is 0 Å². The first-order chi connectivity index (χ1) is 13.6. The van der Waals surface area contributed by atoms with Crippen molar-refractivity contribution in [3.63, 3.8) is 0 Å². The summed E-state index contributed by atoms with van der Waals surface area (Å²) in [5, 5.41) is 12.5. The fraction of sp³-hybridized carbons (Fsp3) is 0.227. The molecule has 0 radical (unpaired) electrons. The zero-order valence-corrected chi connectivity index (χ0v) is 15.8. The topological polar surface area (TPSA) is 55.1 Å². The fourth-order valence-corrected chi connectivity index (χ4v) is 3.84. The highest BCUT2D eigenvalue weighted by atomic mass is 19.1. The van der Waals surface area contributed by atoms with Crippen LogP contribution in [0.1, 0.15) is 23.2 Å². The average Bonchev–Trinajstić information content (AvgIpc) is 3.09. The molecule has 0 bridgehead atoms. The van der Waals surface area contributed by atoms with Crippen molar-refractivity contribution in [1.29, 1.82) is 0 Å². The second-order valence-corrected chi connectivity index (χ2v) is 7.33. The third-order valence-electron chi connectivity index (χ3n) is 5.24. The Morgan fingerprint density at radius 2 is 1.93 bits per heavy atom. The molecular formula is C22H20FN5. The number of imidazole rings is 1. The molecule has 3 aromatic heterocycles. The van der Waals surface area contributed by atoms with E-state index >= 15 is 0 Å². The van der Waals surface area contributed by atoms with Gasteiger partial charge in [-0.3, -0.25) is 0 Å². The van der Waals surface area contributed by atoms with E-state index in [1.54, 1.807) is 12.1 Å². The Morgan fingerprint density at radius 3 is 2.75 bits per heavy atom. The molecule has 6 heteroatoms. The van der Waals surface area contributed by atoms with Crippen molar-refractivity contribution in [2.24, 2.45) is 0 Å². The van der Waals surface area contributed by atoms with Crippen LogP contribution in [0.5, 0.6) is 0 Å². The van der Waals surface area contributed by atoms with Gasteiger partial charge in [-0.1, -0.05) is 6.08 Å². The number of fused-ring (bicyclic) bond motifs is 2. The van der Waals surface area contributed by atoms with Crippen LogP contribution in [-0.4, -0.2) is 32.7 Å². The van der Waals surface area contributed by atoms with Gasteiger partial charge in [0.05, 0.1) is 16.9 Å². The highest BCUT2D eigenvalue weighted by Gasteiger charge is 2.13. The molecule has 140 valence electrons. The number of rotatable bonds is 2. The molecule has 28 heavy (non-hydrogen) atoms. The standard InChI is InChI=1S/C22H20FN5/c1-13-7-17(12-28-11-14(2)25-22(13)28)20-10-18-19(23)8-16(9-21(18)27-26-20)15-3-5-24-6-4-15/h3,7-12,24H,4-6H2,1-2H3. The molecule has 0 aliphatic carbocycles. The lowest BCUT2D eigenvalue weighted by Gasteiger charge is -2.15. The van der Waals surface area contributed by atoms with Gasteiger partial charge in [0.15, 0.2) is 0 Å². The van der Waals surface area contributed by atoms with Gasteiger partial charge in [-0.25, -0.2) is 9.37 Å². The highest BCUT2D eigenvalue weighted by Crippen LogP contribution is 2.28. The van der Waals surface area contributed by atoms with Gasteiger partial charge in [-0.15, -0.1) is 10.2 Å². The average molecular weight is 373 g/mol. The van der Waals surface area contributed by atoms with Crippen LogP contribution < -0.4 is 5.32 Å². The van der Waals surface area contributed by atoms with Crippen LogP contribution in [0.4, 0.5) is 4.39 Å². The van der Waals surface area contributed by atoms with Crippen LogP contribution in [0, 0.1) is 19.7 Å². The van der Waals surface area contributed by atoms with E-state index in [0.717, 1.165) is 53.1 Å². The Balaban J connectivity index is 1.62. The van der Waals surface area contributed by atoms with Crippen molar-refractivity contribution in [3.8, 4) is 11.3 Å². The number of halogens is 1. The molecule has 0 saturated heterocycles. The van der Waals surface area contributed by atoms with Crippen LogP contribution in [0.2, 0.25) is 0 Å². The largest absolute Gasteiger partial charge is 0.313 e. The maximum Gasteiger partial charge on any atom is 0.139 e. The van der Waals surface area contributed by atoms with Gasteiger partial charge in [-0.2, -0.15) is 0 Å². The third-order valence-corrected chi connectivity index (χ3v) is 5.24. The minimum Gasteiger partial charge on any atom is -0.313 e. The van der Waals surface area contributed by atoms with Crippen molar-refractivity contribution in [2.45, 2.75) is 20.3 Å². The Labute approximate surface area is 161 Å². The number of aryl methyl sites for hydroxylation is 2. The molecule has 5 nitrogen and oxygen atoms in total. The molecule has 4 aromatic rings. The van der Waals surface area contributed by atoms with E-state index in [0.29, 0.717) is 16.6 Å². The molecule has 4 heterocycles. The van der Waals surface area contributed by atoms with E-state index < -0.39 is 0 Å². The summed E-state index contributed by atoms with van der Waals surface area (Å²) in [5.41, 5.74) is 7.08. The summed E-state index contributed by atoms with van der Waals surface area (Å²) in [6.45, 7) is 5.70. The van der Waals surface area contributed by atoms with Gasteiger partial charge in [0.25, 0.3) is 0 Å². The summed E-state index contributed by atoms with van der Waals surface area (Å²) in [7, 11) is 0. The van der Waals surface area contributed by atoms with E-state index in [4.69, 9.17) is 0 Å². The molecule has 1 N–H and O–H groups in total. The fourth-order valence-electron chi connectivity index (χ4n) is 3.84. The number of nitrogens with one attached hydrogen (secondary N) is 1. The molecule has 0 spiro atoms. The Kier molecular flexibility index (Phi) is 3.94. The lowest BCUT2D eigenvalue weighted by molar-refractivity contribution is 0.638. The predicted molar refractivity (Wildman–Crippen MR) is 109 cm³/mol. The first kappa shape index (κ1) is 17.0. The summed E-state index contributed by atoms with van der Waals surface area (Å²) in [6, 6.07) is 7.34. The molecule has 1 aromatic carbocycles. The molecule has 0 saturated carbocycles. The van der Waals surface area contributed by atoms with Gasteiger partial charge < -0.3 is 9.72 Å². The van der Waals surface area contributed by atoms with Crippen molar-refractivity contribution in [1.82, 2.24) is 24.9 Å². The van der Waals surface area contributed by atoms with E-state index in [9.17, 15) is 4.39 Å². The van der Waals surface area contributed by atoms with Gasteiger partial charge in [0.1, 0.15) is 11.5 Å². The van der Waals surface area contributed by atoms with Crippen molar-refractivity contribution >= 4 is 22.1 Å². The smallest absolute Gasteiger partial charge is 0.139 e. The van der Waals surface area contributed by atoms with Crippen LogP contribution in [-0.2, 0) is 0 Å². The van der Waals surface area contributed by atoms with Crippen LogP contribution in [0.25, 0.3) is 33.4 Å². The summed E-state index contributed by atoms with van der Waals surface area (Å²) >= 11 is 0. The number of hydrogen-bond acceptors (Lipinski definition) is 4. The quantitative estimate of drug-likeness (QED) is 0.575. The highest BCUT2D eigenvalue weighted by molar-refractivity contribution is 5.86. The lowest BCUT2D eigenvalue weighted by atomic mass is 9.98. The number of hydrogen-bond donors (Lipinski definition) is 1. The predicted octanol–water partition coefficient (Wildman–Crippen LogP) is 4.08. The normalized spacial score (nSPS) is 14.6. The number of nitrogens with zero attached hydrogens (tertiary/aromatic N) is 4. The molecular weight excluding hydrogens is 353 g/mol. The second-order valence-electron chi connectivity index (χ2n) is 7.33. The van der Waals surface area contributed by atoms with Crippen molar-refractivity contribution in [2.75, 3.05) is 13.1 Å². The molecule has 0 atom stereocenters.